The van der Waals surface area contributed by atoms with Gasteiger partial charge in [0.15, 0.2) is 0 Å². The minimum Gasteiger partial charge on any atom is -0.444 e. The lowest BCUT2D eigenvalue weighted by Crippen LogP contribution is -2.35. The fourth-order valence-electron chi connectivity index (χ4n) is 2.12. The van der Waals surface area contributed by atoms with Crippen molar-refractivity contribution in [2.45, 2.75) is 32.4 Å². The maximum absolute atomic E-state index is 12.1. The maximum atomic E-state index is 12.1. The van der Waals surface area contributed by atoms with Gasteiger partial charge in [-0.2, -0.15) is 0 Å². The van der Waals surface area contributed by atoms with Crippen LogP contribution in [0.3, 0.4) is 0 Å². The SMILES string of the molecule is CC(C)(C)OC(=O)N[C@H](c1ccccc1)c1cccc(Cl)c1. The van der Waals surface area contributed by atoms with Crippen molar-refractivity contribution in [3.8, 4) is 0 Å². The van der Waals surface area contributed by atoms with Crippen molar-refractivity contribution in [1.29, 1.82) is 0 Å². The molecule has 116 valence electrons. The number of alkyl carbamates (subject to hydrolysis) is 1. The highest BCUT2D eigenvalue weighted by Gasteiger charge is 2.21. The van der Waals surface area contributed by atoms with E-state index in [2.05, 4.69) is 5.32 Å². The molecule has 0 spiro atoms. The Morgan fingerprint density at radius 2 is 1.68 bits per heavy atom. The van der Waals surface area contributed by atoms with Crippen molar-refractivity contribution >= 4 is 17.7 Å². The average molecular weight is 318 g/mol. The summed E-state index contributed by atoms with van der Waals surface area (Å²) in [7, 11) is 0. The summed E-state index contributed by atoms with van der Waals surface area (Å²) in [6.45, 7) is 5.51. The largest absolute Gasteiger partial charge is 0.444 e. The molecule has 0 radical (unpaired) electrons. The lowest BCUT2D eigenvalue weighted by molar-refractivity contribution is 0.0512. The highest BCUT2D eigenvalue weighted by atomic mass is 35.5. The van der Waals surface area contributed by atoms with Crippen LogP contribution in [-0.4, -0.2) is 11.7 Å². The quantitative estimate of drug-likeness (QED) is 0.869. The topological polar surface area (TPSA) is 38.3 Å². The molecular weight excluding hydrogens is 298 g/mol. The van der Waals surface area contributed by atoms with Gasteiger partial charge in [-0.15, -0.1) is 0 Å². The molecule has 0 fully saturated rings. The zero-order chi connectivity index (χ0) is 16.2. The molecule has 1 N–H and O–H groups in total. The second-order valence-electron chi connectivity index (χ2n) is 6.04. The number of carbonyl (C=O) groups is 1. The number of benzene rings is 2. The van der Waals surface area contributed by atoms with E-state index in [4.69, 9.17) is 16.3 Å². The van der Waals surface area contributed by atoms with E-state index in [1.807, 2.05) is 69.3 Å². The van der Waals surface area contributed by atoms with E-state index in [1.165, 1.54) is 0 Å². The molecule has 0 aromatic heterocycles. The molecule has 22 heavy (non-hydrogen) atoms. The maximum Gasteiger partial charge on any atom is 0.408 e. The Hall–Kier alpha value is -2.00. The van der Waals surface area contributed by atoms with Crippen LogP contribution < -0.4 is 5.32 Å². The molecule has 0 unspecified atom stereocenters. The van der Waals surface area contributed by atoms with Gasteiger partial charge in [0.2, 0.25) is 0 Å². The van der Waals surface area contributed by atoms with Gasteiger partial charge < -0.3 is 10.1 Å². The molecule has 2 rings (SSSR count). The summed E-state index contributed by atoms with van der Waals surface area (Å²) in [6, 6.07) is 16.9. The van der Waals surface area contributed by atoms with Crippen LogP contribution >= 0.6 is 11.6 Å². The predicted molar refractivity (Wildman–Crippen MR) is 89.1 cm³/mol. The standard InChI is InChI=1S/C18H20ClNO2/c1-18(2,3)22-17(21)20-16(13-8-5-4-6-9-13)14-10-7-11-15(19)12-14/h4-12,16H,1-3H3,(H,20,21)/t16-/m1/s1. The highest BCUT2D eigenvalue weighted by molar-refractivity contribution is 6.30. The van der Waals surface area contributed by atoms with Gasteiger partial charge in [-0.25, -0.2) is 4.79 Å². The molecule has 2 aromatic rings. The number of hydrogen-bond acceptors (Lipinski definition) is 2. The first-order valence-corrected chi connectivity index (χ1v) is 7.53. The van der Waals surface area contributed by atoms with E-state index in [9.17, 15) is 4.79 Å². The highest BCUT2D eigenvalue weighted by Crippen LogP contribution is 2.25. The van der Waals surface area contributed by atoms with Crippen molar-refractivity contribution in [2.24, 2.45) is 0 Å². The first kappa shape index (κ1) is 16.4. The fraction of sp³-hybridized carbons (Fsp3) is 0.278. The van der Waals surface area contributed by atoms with Gasteiger partial charge in [0.1, 0.15) is 5.60 Å². The molecule has 0 saturated heterocycles. The Kier molecular flexibility index (Phi) is 5.09. The number of carbonyl (C=O) groups excluding carboxylic acids is 1. The summed E-state index contributed by atoms with van der Waals surface area (Å²) < 4.78 is 5.36. The molecular formula is C18H20ClNO2. The number of halogens is 1. The monoisotopic (exact) mass is 317 g/mol. The number of amides is 1. The van der Waals surface area contributed by atoms with E-state index in [-0.39, 0.29) is 6.04 Å². The molecule has 1 amide bonds. The van der Waals surface area contributed by atoms with Gasteiger partial charge >= 0.3 is 6.09 Å². The van der Waals surface area contributed by atoms with Crippen LogP contribution in [0.2, 0.25) is 5.02 Å². The third kappa shape index (κ3) is 4.78. The zero-order valence-electron chi connectivity index (χ0n) is 13.0. The Labute approximate surface area is 136 Å². The first-order chi connectivity index (χ1) is 10.3. The van der Waals surface area contributed by atoms with Gasteiger partial charge in [-0.05, 0) is 44.0 Å². The minimum atomic E-state index is -0.542. The van der Waals surface area contributed by atoms with Gasteiger partial charge in [0.05, 0.1) is 6.04 Å². The fourth-order valence-corrected chi connectivity index (χ4v) is 2.31. The predicted octanol–water partition coefficient (Wildman–Crippen LogP) is 4.95. The van der Waals surface area contributed by atoms with Crippen LogP contribution in [0.25, 0.3) is 0 Å². The van der Waals surface area contributed by atoms with Gasteiger partial charge in [-0.1, -0.05) is 54.1 Å². The number of ether oxygens (including phenoxy) is 1. The Morgan fingerprint density at radius 3 is 2.27 bits per heavy atom. The van der Waals surface area contributed by atoms with Gasteiger partial charge in [0.25, 0.3) is 0 Å². The van der Waals surface area contributed by atoms with Crippen molar-refractivity contribution in [2.75, 3.05) is 0 Å². The molecule has 0 bridgehead atoms. The van der Waals surface area contributed by atoms with Crippen LogP contribution in [0, 0.1) is 0 Å². The van der Waals surface area contributed by atoms with E-state index in [0.29, 0.717) is 5.02 Å². The van der Waals surface area contributed by atoms with Crippen LogP contribution in [0.4, 0.5) is 4.79 Å². The molecule has 0 aliphatic rings. The smallest absolute Gasteiger partial charge is 0.408 e. The zero-order valence-corrected chi connectivity index (χ0v) is 13.7. The van der Waals surface area contributed by atoms with Crippen molar-refractivity contribution in [3.63, 3.8) is 0 Å². The molecule has 0 aliphatic heterocycles. The molecule has 1 atom stereocenters. The second-order valence-corrected chi connectivity index (χ2v) is 6.48. The molecule has 2 aromatic carbocycles. The van der Waals surface area contributed by atoms with Gasteiger partial charge in [-0.3, -0.25) is 0 Å². The first-order valence-electron chi connectivity index (χ1n) is 7.15. The van der Waals surface area contributed by atoms with E-state index in [1.54, 1.807) is 6.07 Å². The Balaban J connectivity index is 2.29. The van der Waals surface area contributed by atoms with Crippen LogP contribution in [-0.2, 0) is 4.74 Å². The Morgan fingerprint density at radius 1 is 1.05 bits per heavy atom. The summed E-state index contributed by atoms with van der Waals surface area (Å²) in [4.78, 5) is 12.1. The average Bonchev–Trinajstić information content (AvgIpc) is 2.44. The molecule has 4 heteroatoms. The van der Waals surface area contributed by atoms with Gasteiger partial charge in [0, 0.05) is 5.02 Å². The minimum absolute atomic E-state index is 0.310. The summed E-state index contributed by atoms with van der Waals surface area (Å²) in [5.74, 6) is 0. The summed E-state index contributed by atoms with van der Waals surface area (Å²) >= 11 is 6.08. The van der Waals surface area contributed by atoms with E-state index in [0.717, 1.165) is 11.1 Å². The van der Waals surface area contributed by atoms with Crippen LogP contribution in [0.1, 0.15) is 37.9 Å². The van der Waals surface area contributed by atoms with Crippen LogP contribution in [0.15, 0.2) is 54.6 Å². The van der Waals surface area contributed by atoms with Crippen molar-refractivity contribution < 1.29 is 9.53 Å². The van der Waals surface area contributed by atoms with E-state index < -0.39 is 11.7 Å². The van der Waals surface area contributed by atoms with E-state index >= 15 is 0 Å². The number of hydrogen-bond donors (Lipinski definition) is 1. The second kappa shape index (κ2) is 6.84. The van der Waals surface area contributed by atoms with Crippen LogP contribution in [0.5, 0.6) is 0 Å². The number of rotatable bonds is 3. The van der Waals surface area contributed by atoms with Crippen molar-refractivity contribution in [3.05, 3.63) is 70.7 Å². The Bertz CT molecular complexity index is 635. The molecule has 3 nitrogen and oxygen atoms in total. The number of nitrogens with one attached hydrogen (secondary N) is 1. The molecule has 0 saturated carbocycles. The summed E-state index contributed by atoms with van der Waals surface area (Å²) in [5.41, 5.74) is 1.33. The third-order valence-corrected chi connectivity index (χ3v) is 3.21. The normalized spacial score (nSPS) is 12.5. The summed E-state index contributed by atoms with van der Waals surface area (Å²) in [6.07, 6.45) is -0.457. The lowest BCUT2D eigenvalue weighted by Gasteiger charge is -2.24. The molecule has 0 aliphatic carbocycles. The van der Waals surface area contributed by atoms with Crippen molar-refractivity contribution in [1.82, 2.24) is 5.32 Å². The summed E-state index contributed by atoms with van der Waals surface area (Å²) in [5, 5.41) is 3.54. The third-order valence-electron chi connectivity index (χ3n) is 2.98. The lowest BCUT2D eigenvalue weighted by atomic mass is 9.99. The molecule has 0 heterocycles.